The van der Waals surface area contributed by atoms with Crippen LogP contribution in [0, 0.1) is 0 Å². The summed E-state index contributed by atoms with van der Waals surface area (Å²) in [6.07, 6.45) is -2.54. The van der Waals surface area contributed by atoms with Crippen LogP contribution in [0.2, 0.25) is 0 Å². The molecule has 0 heterocycles. The number of thioether (sulfide) groups is 1. The van der Waals surface area contributed by atoms with E-state index in [0.717, 1.165) is 0 Å². The quantitative estimate of drug-likeness (QED) is 0.651. The monoisotopic (exact) mass is 274 g/mol. The maximum atomic E-state index is 12.9. The Bertz CT molecular complexity index is 463. The van der Waals surface area contributed by atoms with Crippen molar-refractivity contribution in [3.8, 4) is 11.5 Å². The smallest absolute Gasteiger partial charge is 0.347 e. The third kappa shape index (κ3) is 3.36. The van der Waals surface area contributed by atoms with E-state index in [0.29, 0.717) is 28.2 Å². The maximum Gasteiger partial charge on any atom is 0.347 e. The second kappa shape index (κ2) is 6.25. The molecule has 0 saturated heterocycles. The molecule has 98 valence electrons. The lowest BCUT2D eigenvalue weighted by Gasteiger charge is -2.09. The van der Waals surface area contributed by atoms with E-state index in [1.54, 1.807) is 6.07 Å². The van der Waals surface area contributed by atoms with E-state index in [2.05, 4.69) is 0 Å². The highest BCUT2D eigenvalue weighted by molar-refractivity contribution is 8.13. The van der Waals surface area contributed by atoms with Gasteiger partial charge < -0.3 is 14.6 Å². The second-order valence-electron chi connectivity index (χ2n) is 3.14. The molecule has 1 rings (SSSR count). The molecule has 0 aliphatic heterocycles. The van der Waals surface area contributed by atoms with Crippen LogP contribution in [0.25, 0.3) is 0 Å². The zero-order valence-corrected chi connectivity index (χ0v) is 10.5. The van der Waals surface area contributed by atoms with E-state index in [1.165, 1.54) is 26.4 Å². The number of carboxylic acid groups (broad SMARTS) is 1. The molecule has 1 N–H and O–H groups in total. The van der Waals surface area contributed by atoms with Gasteiger partial charge in [0.1, 0.15) is 0 Å². The fraction of sp³-hybridized carbons (Fsp3) is 0.273. The predicted molar refractivity (Wildman–Crippen MR) is 62.9 cm³/mol. The first kappa shape index (κ1) is 14.3. The first-order chi connectivity index (χ1) is 8.49. The first-order valence-corrected chi connectivity index (χ1v) is 5.61. The van der Waals surface area contributed by atoms with Crippen molar-refractivity contribution < 1.29 is 28.6 Å². The Labute approximate surface area is 107 Å². The SMILES string of the molecule is COc1ccc(SC(=O)C(F)C(=O)O)cc1OC. The normalized spacial score (nSPS) is 11.7. The summed E-state index contributed by atoms with van der Waals surface area (Å²) in [7, 11) is 2.88. The van der Waals surface area contributed by atoms with Gasteiger partial charge in [0, 0.05) is 4.90 Å². The lowest BCUT2D eigenvalue weighted by Crippen LogP contribution is -2.22. The largest absolute Gasteiger partial charge is 0.493 e. The molecule has 0 bridgehead atoms. The Balaban J connectivity index is 2.86. The van der Waals surface area contributed by atoms with Crippen LogP contribution in [0.5, 0.6) is 11.5 Å². The zero-order chi connectivity index (χ0) is 13.7. The summed E-state index contributed by atoms with van der Waals surface area (Å²) >= 11 is 0.498. The van der Waals surface area contributed by atoms with Crippen molar-refractivity contribution in [3.05, 3.63) is 18.2 Å². The van der Waals surface area contributed by atoms with E-state index in [9.17, 15) is 14.0 Å². The van der Waals surface area contributed by atoms with Gasteiger partial charge in [-0.2, -0.15) is 0 Å². The fourth-order valence-corrected chi connectivity index (χ4v) is 1.89. The third-order valence-corrected chi connectivity index (χ3v) is 2.89. The molecular formula is C11H11FO5S. The van der Waals surface area contributed by atoms with E-state index in [4.69, 9.17) is 14.6 Å². The number of halogens is 1. The van der Waals surface area contributed by atoms with E-state index < -0.39 is 17.3 Å². The third-order valence-electron chi connectivity index (χ3n) is 2.00. The van der Waals surface area contributed by atoms with Crippen molar-refractivity contribution in [3.63, 3.8) is 0 Å². The molecule has 0 spiro atoms. The lowest BCUT2D eigenvalue weighted by molar-refractivity contribution is -0.145. The standard InChI is InChI=1S/C11H11FO5S/c1-16-7-4-3-6(5-8(7)17-2)18-11(15)9(12)10(13)14/h3-5,9H,1-2H3,(H,13,14). The van der Waals surface area contributed by atoms with Crippen molar-refractivity contribution in [2.45, 2.75) is 11.1 Å². The minimum atomic E-state index is -2.54. The summed E-state index contributed by atoms with van der Waals surface area (Å²) in [4.78, 5) is 21.9. The zero-order valence-electron chi connectivity index (χ0n) is 9.68. The molecule has 0 saturated carbocycles. The Morgan fingerprint density at radius 1 is 1.28 bits per heavy atom. The summed E-state index contributed by atoms with van der Waals surface area (Å²) < 4.78 is 22.9. The average molecular weight is 274 g/mol. The van der Waals surface area contributed by atoms with Crippen molar-refractivity contribution >= 4 is 22.8 Å². The Kier molecular flexibility index (Phi) is 4.96. The highest BCUT2D eigenvalue weighted by Crippen LogP contribution is 2.32. The number of carboxylic acids is 1. The summed E-state index contributed by atoms with van der Waals surface area (Å²) in [5, 5.41) is 7.27. The number of methoxy groups -OCH3 is 2. The van der Waals surface area contributed by atoms with Crippen molar-refractivity contribution in [2.75, 3.05) is 14.2 Å². The number of hydrogen-bond donors (Lipinski definition) is 1. The minimum absolute atomic E-state index is 0.376. The van der Waals surface area contributed by atoms with Gasteiger partial charge in [-0.3, -0.25) is 4.79 Å². The number of benzene rings is 1. The van der Waals surface area contributed by atoms with Crippen LogP contribution in [-0.2, 0) is 9.59 Å². The minimum Gasteiger partial charge on any atom is -0.493 e. The van der Waals surface area contributed by atoms with Crippen LogP contribution >= 0.6 is 11.8 Å². The van der Waals surface area contributed by atoms with Gasteiger partial charge in [-0.15, -0.1) is 0 Å². The highest BCUT2D eigenvalue weighted by atomic mass is 32.2. The fourth-order valence-electron chi connectivity index (χ4n) is 1.15. The van der Waals surface area contributed by atoms with Crippen molar-refractivity contribution in [1.82, 2.24) is 0 Å². The molecule has 7 heteroatoms. The van der Waals surface area contributed by atoms with Crippen LogP contribution in [0.15, 0.2) is 23.1 Å². The van der Waals surface area contributed by atoms with Crippen molar-refractivity contribution in [1.29, 1.82) is 0 Å². The number of alkyl halides is 1. The topological polar surface area (TPSA) is 72.8 Å². The molecule has 0 radical (unpaired) electrons. The van der Waals surface area contributed by atoms with Gasteiger partial charge in [0.25, 0.3) is 6.17 Å². The Hall–Kier alpha value is -1.76. The molecule has 0 aliphatic carbocycles. The van der Waals surface area contributed by atoms with Crippen LogP contribution in [-0.4, -0.2) is 36.6 Å². The molecule has 1 aromatic rings. The number of carbonyl (C=O) groups excluding carboxylic acids is 1. The van der Waals surface area contributed by atoms with Gasteiger partial charge in [-0.25, -0.2) is 9.18 Å². The molecule has 1 unspecified atom stereocenters. The molecule has 0 fully saturated rings. The van der Waals surface area contributed by atoms with Crippen LogP contribution in [0.1, 0.15) is 0 Å². The average Bonchev–Trinajstić information content (AvgIpc) is 2.37. The van der Waals surface area contributed by atoms with Crippen LogP contribution in [0.4, 0.5) is 4.39 Å². The molecule has 0 amide bonds. The van der Waals surface area contributed by atoms with Gasteiger partial charge in [0.05, 0.1) is 14.2 Å². The molecule has 0 aliphatic rings. The number of aliphatic carboxylic acids is 1. The van der Waals surface area contributed by atoms with Gasteiger partial charge in [-0.1, -0.05) is 0 Å². The maximum absolute atomic E-state index is 12.9. The summed E-state index contributed by atoms with van der Waals surface area (Å²) in [6, 6.07) is 4.52. The molecule has 1 atom stereocenters. The summed E-state index contributed by atoms with van der Waals surface area (Å²) in [5.41, 5.74) is 0. The Morgan fingerprint density at radius 3 is 2.39 bits per heavy atom. The number of ether oxygens (including phenoxy) is 2. The molecule has 18 heavy (non-hydrogen) atoms. The van der Waals surface area contributed by atoms with E-state index in [-0.39, 0.29) is 0 Å². The van der Waals surface area contributed by atoms with Gasteiger partial charge in [0.2, 0.25) is 5.12 Å². The van der Waals surface area contributed by atoms with E-state index in [1.807, 2.05) is 0 Å². The summed E-state index contributed by atoms with van der Waals surface area (Å²) in [5.74, 6) is -0.960. The first-order valence-electron chi connectivity index (χ1n) is 4.80. The number of rotatable bonds is 5. The number of carbonyl (C=O) groups is 2. The second-order valence-corrected chi connectivity index (χ2v) is 4.22. The highest BCUT2D eigenvalue weighted by Gasteiger charge is 2.26. The molecule has 0 aromatic heterocycles. The molecule has 1 aromatic carbocycles. The van der Waals surface area contributed by atoms with Crippen LogP contribution < -0.4 is 9.47 Å². The Morgan fingerprint density at radius 2 is 1.89 bits per heavy atom. The van der Waals surface area contributed by atoms with E-state index >= 15 is 0 Å². The summed E-state index contributed by atoms with van der Waals surface area (Å²) in [6.45, 7) is 0. The van der Waals surface area contributed by atoms with Gasteiger partial charge in [0.15, 0.2) is 11.5 Å². The number of hydrogen-bond acceptors (Lipinski definition) is 5. The molecule has 5 nitrogen and oxygen atoms in total. The van der Waals surface area contributed by atoms with Gasteiger partial charge in [-0.05, 0) is 30.0 Å². The predicted octanol–water partition coefficient (Wildman–Crippen LogP) is 1.75. The molecular weight excluding hydrogens is 263 g/mol. The lowest BCUT2D eigenvalue weighted by atomic mass is 10.3. The van der Waals surface area contributed by atoms with Crippen LogP contribution in [0.3, 0.4) is 0 Å². The van der Waals surface area contributed by atoms with Crippen molar-refractivity contribution in [2.24, 2.45) is 0 Å². The van der Waals surface area contributed by atoms with Gasteiger partial charge >= 0.3 is 5.97 Å².